The Labute approximate surface area is 192 Å². The number of hydrogen-bond donors (Lipinski definition) is 1. The lowest BCUT2D eigenvalue weighted by Gasteiger charge is -2.34. The highest BCUT2D eigenvalue weighted by Crippen LogP contribution is 2.34. The normalized spacial score (nSPS) is 18.0. The fraction of sp³-hybridized carbons (Fsp3) is 0.440. The molecule has 2 aromatic rings. The summed E-state index contributed by atoms with van der Waals surface area (Å²) in [6.07, 6.45) is 6.98. The summed E-state index contributed by atoms with van der Waals surface area (Å²) in [7, 11) is 0. The number of rotatable bonds is 7. The Morgan fingerprint density at radius 1 is 1.03 bits per heavy atom. The van der Waals surface area contributed by atoms with Crippen molar-refractivity contribution in [2.45, 2.75) is 57.7 Å². The van der Waals surface area contributed by atoms with E-state index in [0.717, 1.165) is 31.2 Å². The maximum Gasteiger partial charge on any atom is 0.328 e. The van der Waals surface area contributed by atoms with Gasteiger partial charge in [0.05, 0.1) is 6.61 Å². The molecule has 2 fully saturated rings. The molecule has 1 saturated heterocycles. The Balaban J connectivity index is 1.63. The van der Waals surface area contributed by atoms with Crippen LogP contribution in [-0.2, 0) is 16.1 Å². The van der Waals surface area contributed by atoms with Crippen LogP contribution >= 0.6 is 0 Å². The molecule has 2 heterocycles. The SMILES string of the molecule is CCOC(=O)[C@@H]1CCCCN1C(=O)c1cn(C2CC2)cc(C(=O)NCc2ccccc2)c1=O. The molecule has 1 saturated carbocycles. The molecule has 33 heavy (non-hydrogen) atoms. The van der Waals surface area contributed by atoms with E-state index < -0.39 is 29.3 Å². The van der Waals surface area contributed by atoms with Gasteiger partial charge in [0.25, 0.3) is 11.8 Å². The van der Waals surface area contributed by atoms with Crippen molar-refractivity contribution in [3.63, 3.8) is 0 Å². The zero-order valence-electron chi connectivity index (χ0n) is 18.8. The Morgan fingerprint density at radius 3 is 2.45 bits per heavy atom. The van der Waals surface area contributed by atoms with E-state index in [1.807, 2.05) is 30.3 Å². The van der Waals surface area contributed by atoms with Crippen LogP contribution in [0.4, 0.5) is 0 Å². The number of aromatic nitrogens is 1. The zero-order chi connectivity index (χ0) is 23.4. The lowest BCUT2D eigenvalue weighted by atomic mass is 10.0. The molecule has 8 heteroatoms. The van der Waals surface area contributed by atoms with Crippen LogP contribution in [0.3, 0.4) is 0 Å². The molecule has 2 aliphatic rings. The van der Waals surface area contributed by atoms with E-state index in [4.69, 9.17) is 4.74 Å². The zero-order valence-corrected chi connectivity index (χ0v) is 18.8. The van der Waals surface area contributed by atoms with Gasteiger partial charge in [-0.3, -0.25) is 14.4 Å². The predicted octanol–water partition coefficient (Wildman–Crippen LogP) is 2.67. The number of carbonyl (C=O) groups is 3. The van der Waals surface area contributed by atoms with E-state index in [2.05, 4.69) is 5.32 Å². The average Bonchev–Trinajstić information content (AvgIpc) is 3.69. The van der Waals surface area contributed by atoms with Crippen molar-refractivity contribution in [2.24, 2.45) is 0 Å². The smallest absolute Gasteiger partial charge is 0.328 e. The molecule has 174 valence electrons. The van der Waals surface area contributed by atoms with Crippen LogP contribution in [0.25, 0.3) is 0 Å². The van der Waals surface area contributed by atoms with E-state index in [-0.39, 0.29) is 30.3 Å². The van der Waals surface area contributed by atoms with Crippen molar-refractivity contribution in [2.75, 3.05) is 13.2 Å². The first kappa shape index (κ1) is 22.8. The number of esters is 1. The second-order valence-electron chi connectivity index (χ2n) is 8.52. The van der Waals surface area contributed by atoms with Gasteiger partial charge in [0.2, 0.25) is 5.43 Å². The molecule has 1 aliphatic carbocycles. The Kier molecular flexibility index (Phi) is 6.91. The van der Waals surface area contributed by atoms with Crippen LogP contribution in [0.15, 0.2) is 47.5 Å². The first-order chi connectivity index (χ1) is 16.0. The Morgan fingerprint density at radius 2 is 1.76 bits per heavy atom. The van der Waals surface area contributed by atoms with Crippen molar-refractivity contribution >= 4 is 17.8 Å². The number of benzene rings is 1. The summed E-state index contributed by atoms with van der Waals surface area (Å²) in [5, 5.41) is 2.78. The molecule has 2 amide bonds. The number of carbonyl (C=O) groups excluding carboxylic acids is 3. The molecule has 1 aromatic carbocycles. The lowest BCUT2D eigenvalue weighted by molar-refractivity contribution is -0.149. The van der Waals surface area contributed by atoms with Crippen LogP contribution in [0.1, 0.15) is 71.3 Å². The number of hydrogen-bond acceptors (Lipinski definition) is 5. The minimum atomic E-state index is -0.712. The Bertz CT molecular complexity index is 1090. The monoisotopic (exact) mass is 451 g/mol. The molecule has 0 spiro atoms. The second kappa shape index (κ2) is 10.0. The second-order valence-corrected chi connectivity index (χ2v) is 8.52. The number of nitrogens with zero attached hydrogens (tertiary/aromatic N) is 2. The largest absolute Gasteiger partial charge is 0.464 e. The molecule has 4 rings (SSSR count). The van der Waals surface area contributed by atoms with E-state index in [1.165, 1.54) is 17.3 Å². The highest BCUT2D eigenvalue weighted by Gasteiger charge is 2.36. The number of piperidine rings is 1. The van der Waals surface area contributed by atoms with E-state index in [0.29, 0.717) is 13.0 Å². The van der Waals surface area contributed by atoms with Crippen molar-refractivity contribution in [1.29, 1.82) is 0 Å². The number of amides is 2. The van der Waals surface area contributed by atoms with Gasteiger partial charge < -0.3 is 19.5 Å². The third kappa shape index (κ3) is 5.16. The Hall–Kier alpha value is -3.42. The van der Waals surface area contributed by atoms with E-state index in [1.54, 1.807) is 11.5 Å². The molecule has 0 radical (unpaired) electrons. The van der Waals surface area contributed by atoms with Gasteiger partial charge in [0.15, 0.2) is 0 Å². The van der Waals surface area contributed by atoms with Crippen molar-refractivity contribution in [1.82, 2.24) is 14.8 Å². The molecule has 8 nitrogen and oxygen atoms in total. The number of likely N-dealkylation sites (tertiary alicyclic amines) is 1. The van der Waals surface area contributed by atoms with Gasteiger partial charge in [-0.15, -0.1) is 0 Å². The number of nitrogens with one attached hydrogen (secondary N) is 1. The quantitative estimate of drug-likeness (QED) is 0.653. The van der Waals surface area contributed by atoms with Crippen LogP contribution in [0, 0.1) is 0 Å². The molecule has 1 atom stereocenters. The summed E-state index contributed by atoms with van der Waals surface area (Å²) in [4.78, 5) is 53.5. The van der Waals surface area contributed by atoms with Gasteiger partial charge in [0.1, 0.15) is 17.2 Å². The topological polar surface area (TPSA) is 97.7 Å². The highest BCUT2D eigenvalue weighted by molar-refractivity contribution is 6.00. The standard InChI is InChI=1S/C25H29N3O5/c1-2-33-25(32)21-10-6-7-13-28(21)24(31)20-16-27(18-11-12-18)15-19(22(20)29)23(30)26-14-17-8-4-3-5-9-17/h3-5,8-9,15-16,18,21H,2,6-7,10-14H2,1H3,(H,26,30)/t21-/m0/s1. The molecule has 0 unspecified atom stereocenters. The minimum Gasteiger partial charge on any atom is -0.464 e. The number of pyridine rings is 1. The molecule has 1 N–H and O–H groups in total. The summed E-state index contributed by atoms with van der Waals surface area (Å²) in [6, 6.07) is 8.86. The minimum absolute atomic E-state index is 0.0617. The van der Waals surface area contributed by atoms with E-state index in [9.17, 15) is 19.2 Å². The molecular formula is C25H29N3O5. The maximum atomic E-state index is 13.5. The molecule has 1 aromatic heterocycles. The average molecular weight is 452 g/mol. The van der Waals surface area contributed by atoms with E-state index >= 15 is 0 Å². The third-order valence-electron chi connectivity index (χ3n) is 6.11. The molecular weight excluding hydrogens is 422 g/mol. The van der Waals surface area contributed by atoms with Crippen LogP contribution in [0.2, 0.25) is 0 Å². The van der Waals surface area contributed by atoms with Crippen molar-refractivity contribution < 1.29 is 19.1 Å². The first-order valence-electron chi connectivity index (χ1n) is 11.5. The third-order valence-corrected chi connectivity index (χ3v) is 6.11. The fourth-order valence-electron chi connectivity index (χ4n) is 4.18. The summed E-state index contributed by atoms with van der Waals surface area (Å²) in [5.41, 5.74) is 0.153. The van der Waals surface area contributed by atoms with Gasteiger partial charge in [-0.1, -0.05) is 30.3 Å². The summed E-state index contributed by atoms with van der Waals surface area (Å²) in [6.45, 7) is 2.59. The van der Waals surface area contributed by atoms with Gasteiger partial charge in [-0.25, -0.2) is 4.79 Å². The van der Waals surface area contributed by atoms with Gasteiger partial charge in [-0.2, -0.15) is 0 Å². The van der Waals surface area contributed by atoms with Crippen LogP contribution in [-0.4, -0.2) is 46.4 Å². The molecule has 1 aliphatic heterocycles. The summed E-state index contributed by atoms with van der Waals surface area (Å²) >= 11 is 0. The number of ether oxygens (including phenoxy) is 1. The van der Waals surface area contributed by atoms with Crippen LogP contribution in [0.5, 0.6) is 0 Å². The van der Waals surface area contributed by atoms with Gasteiger partial charge in [0, 0.05) is 31.5 Å². The highest BCUT2D eigenvalue weighted by atomic mass is 16.5. The van der Waals surface area contributed by atoms with Gasteiger partial charge in [-0.05, 0) is 44.6 Å². The first-order valence-corrected chi connectivity index (χ1v) is 11.5. The fourth-order valence-corrected chi connectivity index (χ4v) is 4.18. The van der Waals surface area contributed by atoms with Crippen LogP contribution < -0.4 is 10.7 Å². The summed E-state index contributed by atoms with van der Waals surface area (Å²) in [5.74, 6) is -1.50. The molecule has 0 bridgehead atoms. The summed E-state index contributed by atoms with van der Waals surface area (Å²) < 4.78 is 6.94. The van der Waals surface area contributed by atoms with Crippen molar-refractivity contribution in [3.05, 3.63) is 69.6 Å². The predicted molar refractivity (Wildman–Crippen MR) is 122 cm³/mol. The lowest BCUT2D eigenvalue weighted by Crippen LogP contribution is -2.50. The van der Waals surface area contributed by atoms with Crippen molar-refractivity contribution in [3.8, 4) is 0 Å². The maximum absolute atomic E-state index is 13.5. The van der Waals surface area contributed by atoms with Gasteiger partial charge >= 0.3 is 5.97 Å².